The number of carbonyl (C=O) groups is 1. The van der Waals surface area contributed by atoms with E-state index in [1.165, 1.54) is 11.3 Å². The molecule has 0 spiro atoms. The second-order valence-electron chi connectivity index (χ2n) is 3.38. The van der Waals surface area contributed by atoms with E-state index in [4.69, 9.17) is 0 Å². The van der Waals surface area contributed by atoms with Gasteiger partial charge in [0.1, 0.15) is 0 Å². The Hall–Kier alpha value is -0.710. The van der Waals surface area contributed by atoms with Crippen molar-refractivity contribution < 1.29 is 4.79 Å². The lowest BCUT2D eigenvalue weighted by Gasteiger charge is -2.09. The zero-order chi connectivity index (χ0) is 10.4. The highest BCUT2D eigenvalue weighted by Crippen LogP contribution is 2.08. The predicted molar refractivity (Wildman–Crippen MR) is 60.1 cm³/mol. The molecule has 14 heavy (non-hydrogen) atoms. The minimum absolute atomic E-state index is 0.179. The molecule has 0 saturated heterocycles. The van der Waals surface area contributed by atoms with E-state index >= 15 is 0 Å². The molecule has 0 saturated carbocycles. The van der Waals surface area contributed by atoms with Crippen LogP contribution in [0.1, 0.15) is 9.67 Å². The zero-order valence-electron chi connectivity index (χ0n) is 8.62. The first-order chi connectivity index (χ1) is 6.70. The molecule has 1 aromatic heterocycles. The van der Waals surface area contributed by atoms with Gasteiger partial charge in [-0.05, 0) is 25.5 Å². The molecule has 0 aliphatic rings. The third kappa shape index (κ3) is 4.00. The van der Waals surface area contributed by atoms with Crippen molar-refractivity contribution in [2.45, 2.75) is 0 Å². The first-order valence-corrected chi connectivity index (χ1v) is 5.50. The third-order valence-corrected chi connectivity index (χ3v) is 2.73. The van der Waals surface area contributed by atoms with Crippen LogP contribution in [-0.4, -0.2) is 44.4 Å². The largest absolute Gasteiger partial charge is 0.308 e. The highest BCUT2D eigenvalue weighted by molar-refractivity contribution is 7.12. The third-order valence-electron chi connectivity index (χ3n) is 1.82. The smallest absolute Gasteiger partial charge is 0.186 e. The van der Waals surface area contributed by atoms with Crippen LogP contribution in [-0.2, 0) is 0 Å². The van der Waals surface area contributed by atoms with Gasteiger partial charge in [-0.2, -0.15) is 0 Å². The molecule has 0 aliphatic carbocycles. The number of carbonyl (C=O) groups excluding carboxylic acids is 1. The van der Waals surface area contributed by atoms with Crippen LogP contribution in [0.3, 0.4) is 0 Å². The Balaban J connectivity index is 2.16. The van der Waals surface area contributed by atoms with Crippen molar-refractivity contribution in [1.29, 1.82) is 0 Å². The lowest BCUT2D eigenvalue weighted by molar-refractivity contribution is 0.0994. The normalized spacial score (nSPS) is 10.8. The lowest BCUT2D eigenvalue weighted by Crippen LogP contribution is -2.30. The summed E-state index contributed by atoms with van der Waals surface area (Å²) in [5, 5.41) is 5.04. The maximum absolute atomic E-state index is 11.5. The van der Waals surface area contributed by atoms with Gasteiger partial charge in [0.05, 0.1) is 11.4 Å². The lowest BCUT2D eigenvalue weighted by atomic mass is 10.3. The van der Waals surface area contributed by atoms with Crippen molar-refractivity contribution in [2.24, 2.45) is 0 Å². The van der Waals surface area contributed by atoms with Crippen LogP contribution in [0.25, 0.3) is 0 Å². The number of likely N-dealkylation sites (N-methyl/N-ethyl adjacent to an activating group) is 1. The summed E-state index contributed by atoms with van der Waals surface area (Å²) in [4.78, 5) is 14.4. The van der Waals surface area contributed by atoms with Gasteiger partial charge in [-0.25, -0.2) is 0 Å². The highest BCUT2D eigenvalue weighted by atomic mass is 32.1. The van der Waals surface area contributed by atoms with E-state index in [2.05, 4.69) is 10.2 Å². The number of hydrogen-bond donors (Lipinski definition) is 1. The molecule has 0 aromatic carbocycles. The number of nitrogens with zero attached hydrogens (tertiary/aromatic N) is 1. The van der Waals surface area contributed by atoms with Crippen LogP contribution in [0, 0.1) is 0 Å². The van der Waals surface area contributed by atoms with E-state index in [-0.39, 0.29) is 5.78 Å². The Morgan fingerprint density at radius 1 is 1.57 bits per heavy atom. The number of nitrogens with one attached hydrogen (secondary N) is 1. The Bertz CT molecular complexity index is 270. The van der Waals surface area contributed by atoms with Crippen molar-refractivity contribution >= 4 is 17.1 Å². The average molecular weight is 212 g/mol. The monoisotopic (exact) mass is 212 g/mol. The minimum atomic E-state index is 0.179. The second-order valence-corrected chi connectivity index (χ2v) is 4.33. The Morgan fingerprint density at radius 2 is 2.36 bits per heavy atom. The molecule has 0 radical (unpaired) electrons. The van der Waals surface area contributed by atoms with E-state index in [0.29, 0.717) is 6.54 Å². The van der Waals surface area contributed by atoms with Gasteiger partial charge in [-0.3, -0.25) is 4.79 Å². The minimum Gasteiger partial charge on any atom is -0.308 e. The molecule has 4 heteroatoms. The second kappa shape index (κ2) is 5.90. The molecule has 1 rings (SSSR count). The van der Waals surface area contributed by atoms with Crippen LogP contribution in [0.5, 0.6) is 0 Å². The Kier molecular flexibility index (Phi) is 4.79. The molecule has 0 unspecified atom stereocenters. The summed E-state index contributed by atoms with van der Waals surface area (Å²) in [6.07, 6.45) is 0. The van der Waals surface area contributed by atoms with Gasteiger partial charge in [0, 0.05) is 13.1 Å². The zero-order valence-corrected chi connectivity index (χ0v) is 9.43. The predicted octanol–water partition coefficient (Wildman–Crippen LogP) is 1.08. The van der Waals surface area contributed by atoms with Gasteiger partial charge in [0.25, 0.3) is 0 Å². The Morgan fingerprint density at radius 3 is 2.93 bits per heavy atom. The first kappa shape index (κ1) is 11.4. The molecule has 0 fully saturated rings. The number of hydrogen-bond acceptors (Lipinski definition) is 4. The van der Waals surface area contributed by atoms with Crippen molar-refractivity contribution in [3.05, 3.63) is 22.4 Å². The van der Waals surface area contributed by atoms with Crippen molar-refractivity contribution in [2.75, 3.05) is 33.7 Å². The standard InChI is InChI=1S/C10H16N2OS/c1-12(2)6-5-11-8-9(13)10-4-3-7-14-10/h3-4,7,11H,5-6,8H2,1-2H3. The van der Waals surface area contributed by atoms with E-state index in [0.717, 1.165) is 18.0 Å². The van der Waals surface area contributed by atoms with E-state index < -0.39 is 0 Å². The van der Waals surface area contributed by atoms with Crippen molar-refractivity contribution in [3.8, 4) is 0 Å². The Labute approximate surface area is 88.7 Å². The summed E-state index contributed by atoms with van der Waals surface area (Å²) >= 11 is 1.50. The quantitative estimate of drug-likeness (QED) is 0.566. The molecule has 1 N–H and O–H groups in total. The van der Waals surface area contributed by atoms with E-state index in [9.17, 15) is 4.79 Å². The maximum Gasteiger partial charge on any atom is 0.186 e. The summed E-state index contributed by atoms with van der Waals surface area (Å²) in [5.41, 5.74) is 0. The van der Waals surface area contributed by atoms with Crippen LogP contribution in [0.4, 0.5) is 0 Å². The highest BCUT2D eigenvalue weighted by Gasteiger charge is 2.04. The molecule has 0 amide bonds. The SMILES string of the molecule is CN(C)CCNCC(=O)c1cccs1. The maximum atomic E-state index is 11.5. The van der Waals surface area contributed by atoms with Crippen molar-refractivity contribution in [1.82, 2.24) is 10.2 Å². The van der Waals surface area contributed by atoms with Crippen LogP contribution in [0.2, 0.25) is 0 Å². The molecule has 0 bridgehead atoms. The summed E-state index contributed by atoms with van der Waals surface area (Å²) in [7, 11) is 4.03. The van der Waals surface area contributed by atoms with Gasteiger partial charge in [-0.15, -0.1) is 11.3 Å². The first-order valence-electron chi connectivity index (χ1n) is 4.62. The fourth-order valence-electron chi connectivity index (χ4n) is 1.03. The number of ketones is 1. The molecule has 1 aromatic rings. The number of Topliss-reactive ketones (excluding diaryl/α,β-unsaturated/α-hetero) is 1. The summed E-state index contributed by atoms with van der Waals surface area (Å²) in [6.45, 7) is 2.25. The molecule has 3 nitrogen and oxygen atoms in total. The van der Waals surface area contributed by atoms with Gasteiger partial charge < -0.3 is 10.2 Å². The molecule has 78 valence electrons. The number of rotatable bonds is 6. The van der Waals surface area contributed by atoms with E-state index in [1.807, 2.05) is 31.6 Å². The van der Waals surface area contributed by atoms with Gasteiger partial charge in [-0.1, -0.05) is 6.07 Å². The molecular weight excluding hydrogens is 196 g/mol. The fraction of sp³-hybridized carbons (Fsp3) is 0.500. The summed E-state index contributed by atoms with van der Waals surface area (Å²) in [6, 6.07) is 3.76. The van der Waals surface area contributed by atoms with Gasteiger partial charge in [0.2, 0.25) is 0 Å². The number of thiophene rings is 1. The fourth-order valence-corrected chi connectivity index (χ4v) is 1.69. The topological polar surface area (TPSA) is 32.3 Å². The summed E-state index contributed by atoms with van der Waals surface area (Å²) in [5.74, 6) is 0.179. The molecule has 1 heterocycles. The summed E-state index contributed by atoms with van der Waals surface area (Å²) < 4.78 is 0. The van der Waals surface area contributed by atoms with Crippen molar-refractivity contribution in [3.63, 3.8) is 0 Å². The van der Waals surface area contributed by atoms with Gasteiger partial charge in [0.15, 0.2) is 5.78 Å². The van der Waals surface area contributed by atoms with Crippen LogP contribution < -0.4 is 5.32 Å². The molecule has 0 aliphatic heterocycles. The molecule has 0 atom stereocenters. The van der Waals surface area contributed by atoms with E-state index in [1.54, 1.807) is 0 Å². The van der Waals surface area contributed by atoms with Gasteiger partial charge >= 0.3 is 0 Å². The van der Waals surface area contributed by atoms with Crippen LogP contribution >= 0.6 is 11.3 Å². The molecular formula is C10H16N2OS. The average Bonchev–Trinajstić information content (AvgIpc) is 2.64. The van der Waals surface area contributed by atoms with Crippen LogP contribution in [0.15, 0.2) is 17.5 Å².